The molecule has 1 heterocycles. The molecule has 4 heteroatoms. The highest BCUT2D eigenvalue weighted by molar-refractivity contribution is 5.76. The first-order valence-corrected chi connectivity index (χ1v) is 6.89. The molecule has 0 spiro atoms. The molecule has 1 aromatic rings. The number of hydrogen-bond acceptors (Lipinski definition) is 4. The number of rotatable bonds is 3. The summed E-state index contributed by atoms with van der Waals surface area (Å²) in [6.45, 7) is 0. The fraction of sp³-hybridized carbons (Fsp3) is 0.176. The van der Waals surface area contributed by atoms with E-state index in [1.807, 2.05) is 0 Å². The summed E-state index contributed by atoms with van der Waals surface area (Å²) in [7, 11) is 0. The summed E-state index contributed by atoms with van der Waals surface area (Å²) in [5, 5.41) is 9.95. The minimum atomic E-state index is 0.0749. The molecule has 0 aromatic heterocycles. The van der Waals surface area contributed by atoms with Crippen LogP contribution in [0.1, 0.15) is 24.8 Å². The van der Waals surface area contributed by atoms with Crippen LogP contribution in [0, 0.1) is 0 Å². The molecule has 0 unspecified atom stereocenters. The summed E-state index contributed by atoms with van der Waals surface area (Å²) >= 11 is 0. The van der Waals surface area contributed by atoms with Crippen molar-refractivity contribution in [2.75, 3.05) is 5.73 Å². The molecule has 4 nitrogen and oxygen atoms in total. The zero-order chi connectivity index (χ0) is 14.7. The average molecular weight is 283 g/mol. The second-order valence-corrected chi connectivity index (χ2v) is 5.01. The van der Waals surface area contributed by atoms with Crippen LogP contribution in [0.15, 0.2) is 60.3 Å². The Labute approximate surface area is 123 Å². The van der Waals surface area contributed by atoms with Gasteiger partial charge in [0.05, 0.1) is 5.56 Å². The van der Waals surface area contributed by atoms with Crippen LogP contribution in [-0.4, -0.2) is 5.11 Å². The van der Waals surface area contributed by atoms with E-state index < -0.39 is 0 Å². The number of phenols is 1. The van der Waals surface area contributed by atoms with Gasteiger partial charge in [0.1, 0.15) is 24.0 Å². The lowest BCUT2D eigenvalue weighted by atomic mass is 10.0. The molecule has 3 N–H and O–H groups in total. The predicted octanol–water partition coefficient (Wildman–Crippen LogP) is 3.83. The summed E-state index contributed by atoms with van der Waals surface area (Å²) in [5.41, 5.74) is 8.11. The second-order valence-electron chi connectivity index (χ2n) is 5.01. The Balaban J connectivity index is 1.77. The van der Waals surface area contributed by atoms with Gasteiger partial charge >= 0.3 is 0 Å². The molecule has 0 saturated carbocycles. The predicted molar refractivity (Wildman–Crippen MR) is 81.8 cm³/mol. The number of nitrogen functional groups attached to an aromatic ring is 1. The number of aromatic hydroxyl groups is 1. The standard InChI is InChI=1S/C17H17NO3/c18-14-7-4-8-15(19)17(14)16-11-20-10-13(21-16)9-12-5-2-1-3-6-12/h1-2,4-5,7-8,10-11,19H,3,6,9,18H2. The summed E-state index contributed by atoms with van der Waals surface area (Å²) in [6, 6.07) is 4.97. The lowest BCUT2D eigenvalue weighted by Gasteiger charge is -2.20. The topological polar surface area (TPSA) is 64.7 Å². The molecule has 21 heavy (non-hydrogen) atoms. The third-order valence-electron chi connectivity index (χ3n) is 3.44. The number of phenolic OH excluding ortho intramolecular Hbond substituents is 1. The van der Waals surface area contributed by atoms with Crippen LogP contribution in [0.2, 0.25) is 0 Å². The number of allylic oxidation sites excluding steroid dienone is 4. The number of anilines is 1. The highest BCUT2D eigenvalue weighted by Gasteiger charge is 2.18. The summed E-state index contributed by atoms with van der Waals surface area (Å²) < 4.78 is 11.2. The lowest BCUT2D eigenvalue weighted by molar-refractivity contribution is 0.272. The van der Waals surface area contributed by atoms with Crippen molar-refractivity contribution < 1.29 is 14.6 Å². The molecule has 1 aliphatic carbocycles. The molecule has 0 saturated heterocycles. The third kappa shape index (κ3) is 2.94. The number of hydrogen-bond donors (Lipinski definition) is 2. The van der Waals surface area contributed by atoms with Crippen molar-refractivity contribution in [3.63, 3.8) is 0 Å². The van der Waals surface area contributed by atoms with Gasteiger partial charge in [-0.3, -0.25) is 0 Å². The Morgan fingerprint density at radius 1 is 1.24 bits per heavy atom. The van der Waals surface area contributed by atoms with Crippen LogP contribution in [-0.2, 0) is 9.47 Å². The first-order chi connectivity index (χ1) is 10.2. The minimum Gasteiger partial charge on any atom is -0.507 e. The molecule has 3 rings (SSSR count). The minimum absolute atomic E-state index is 0.0749. The molecule has 108 valence electrons. The maximum Gasteiger partial charge on any atom is 0.175 e. The number of nitrogens with two attached hydrogens (primary N) is 1. The molecule has 0 atom stereocenters. The summed E-state index contributed by atoms with van der Waals surface area (Å²) in [6.07, 6.45) is 12.1. The maximum atomic E-state index is 9.95. The summed E-state index contributed by atoms with van der Waals surface area (Å²) in [4.78, 5) is 0. The van der Waals surface area contributed by atoms with Crippen LogP contribution in [0.5, 0.6) is 5.75 Å². The van der Waals surface area contributed by atoms with E-state index >= 15 is 0 Å². The van der Waals surface area contributed by atoms with E-state index in [-0.39, 0.29) is 5.75 Å². The Morgan fingerprint density at radius 2 is 2.14 bits per heavy atom. The quantitative estimate of drug-likeness (QED) is 0.827. The maximum absolute atomic E-state index is 9.95. The van der Waals surface area contributed by atoms with Crippen LogP contribution in [0.25, 0.3) is 5.76 Å². The molecule has 1 aliphatic heterocycles. The lowest BCUT2D eigenvalue weighted by Crippen LogP contribution is -2.04. The van der Waals surface area contributed by atoms with Gasteiger partial charge in [-0.2, -0.15) is 0 Å². The van der Waals surface area contributed by atoms with Crippen molar-refractivity contribution in [3.8, 4) is 5.75 Å². The normalized spacial score (nSPS) is 17.2. The van der Waals surface area contributed by atoms with Gasteiger partial charge < -0.3 is 20.3 Å². The Kier molecular flexibility index (Phi) is 3.69. The monoisotopic (exact) mass is 283 g/mol. The molecular weight excluding hydrogens is 266 g/mol. The van der Waals surface area contributed by atoms with Gasteiger partial charge in [0, 0.05) is 12.1 Å². The molecule has 0 amide bonds. The highest BCUT2D eigenvalue weighted by atomic mass is 16.5. The largest absolute Gasteiger partial charge is 0.507 e. The van der Waals surface area contributed by atoms with Crippen LogP contribution in [0.4, 0.5) is 5.69 Å². The first-order valence-electron chi connectivity index (χ1n) is 6.89. The average Bonchev–Trinajstić information content (AvgIpc) is 2.48. The number of benzene rings is 1. The second kappa shape index (κ2) is 5.79. The van der Waals surface area contributed by atoms with Crippen LogP contribution in [0.3, 0.4) is 0 Å². The Bertz CT molecular complexity index is 648. The van der Waals surface area contributed by atoms with Crippen molar-refractivity contribution in [2.45, 2.75) is 19.3 Å². The van der Waals surface area contributed by atoms with E-state index in [1.54, 1.807) is 24.5 Å². The van der Waals surface area contributed by atoms with E-state index in [0.29, 0.717) is 29.2 Å². The molecule has 0 fully saturated rings. The number of ether oxygens (including phenoxy) is 2. The van der Waals surface area contributed by atoms with Gasteiger partial charge in [-0.05, 0) is 25.0 Å². The van der Waals surface area contributed by atoms with Crippen molar-refractivity contribution in [2.24, 2.45) is 0 Å². The Morgan fingerprint density at radius 3 is 2.90 bits per heavy atom. The fourth-order valence-corrected chi connectivity index (χ4v) is 2.40. The van der Waals surface area contributed by atoms with Gasteiger partial charge in [-0.1, -0.05) is 29.9 Å². The Hall–Kier alpha value is -2.62. The smallest absolute Gasteiger partial charge is 0.175 e. The van der Waals surface area contributed by atoms with Gasteiger partial charge in [0.15, 0.2) is 5.76 Å². The van der Waals surface area contributed by atoms with Crippen LogP contribution >= 0.6 is 0 Å². The summed E-state index contributed by atoms with van der Waals surface area (Å²) in [5.74, 6) is 1.21. The third-order valence-corrected chi connectivity index (χ3v) is 3.44. The van der Waals surface area contributed by atoms with E-state index in [2.05, 4.69) is 18.2 Å². The zero-order valence-corrected chi connectivity index (χ0v) is 11.6. The van der Waals surface area contributed by atoms with E-state index in [9.17, 15) is 5.11 Å². The van der Waals surface area contributed by atoms with Gasteiger partial charge in [-0.25, -0.2) is 0 Å². The molecule has 2 aliphatic rings. The van der Waals surface area contributed by atoms with Crippen molar-refractivity contribution in [1.82, 2.24) is 0 Å². The molecule has 0 bridgehead atoms. The van der Waals surface area contributed by atoms with Crippen molar-refractivity contribution in [1.29, 1.82) is 0 Å². The fourth-order valence-electron chi connectivity index (χ4n) is 2.40. The van der Waals surface area contributed by atoms with Gasteiger partial charge in [0.2, 0.25) is 0 Å². The van der Waals surface area contributed by atoms with Gasteiger partial charge in [-0.15, -0.1) is 0 Å². The highest BCUT2D eigenvalue weighted by Crippen LogP contribution is 2.35. The molecular formula is C17H17NO3. The SMILES string of the molecule is Nc1cccc(O)c1C1=COC=C(CC2=CC=CCC2)O1. The molecule has 1 aromatic carbocycles. The van der Waals surface area contributed by atoms with Crippen LogP contribution < -0.4 is 5.73 Å². The first kappa shape index (κ1) is 13.4. The van der Waals surface area contributed by atoms with Crippen molar-refractivity contribution >= 4 is 11.4 Å². The molecule has 0 radical (unpaired) electrons. The van der Waals surface area contributed by atoms with Gasteiger partial charge in [0.25, 0.3) is 0 Å². The zero-order valence-electron chi connectivity index (χ0n) is 11.6. The van der Waals surface area contributed by atoms with E-state index in [1.165, 1.54) is 11.8 Å². The van der Waals surface area contributed by atoms with E-state index in [0.717, 1.165) is 12.8 Å². The van der Waals surface area contributed by atoms with E-state index in [4.69, 9.17) is 15.2 Å². The van der Waals surface area contributed by atoms with Crippen molar-refractivity contribution in [3.05, 3.63) is 65.8 Å².